The zero-order valence-electron chi connectivity index (χ0n) is 12.8. The third-order valence-corrected chi connectivity index (χ3v) is 4.49. The third-order valence-electron chi connectivity index (χ3n) is 4.49. The summed E-state index contributed by atoms with van der Waals surface area (Å²) >= 11 is 0. The lowest BCUT2D eigenvalue weighted by Crippen LogP contribution is -2.35. The Bertz CT molecular complexity index is 556. The molecular weight excluding hydrogens is 280 g/mol. The number of nitrogens with one attached hydrogen (secondary N) is 2. The molecule has 3 atom stereocenters. The van der Waals surface area contributed by atoms with E-state index in [0.717, 1.165) is 30.9 Å². The average molecular weight is 302 g/mol. The van der Waals surface area contributed by atoms with Gasteiger partial charge in [0.25, 0.3) is 0 Å². The molecule has 0 aromatic heterocycles. The molecule has 0 radical (unpaired) electrons. The van der Waals surface area contributed by atoms with Gasteiger partial charge in [-0.05, 0) is 36.5 Å². The van der Waals surface area contributed by atoms with Crippen LogP contribution in [0.5, 0.6) is 0 Å². The van der Waals surface area contributed by atoms with Crippen molar-refractivity contribution in [3.05, 3.63) is 29.8 Å². The fourth-order valence-electron chi connectivity index (χ4n) is 3.10. The minimum Gasteiger partial charge on any atom is -0.382 e. The van der Waals surface area contributed by atoms with Crippen LogP contribution in [0, 0.1) is 11.8 Å². The molecule has 2 amide bonds. The Morgan fingerprint density at radius 2 is 2.05 bits per heavy atom. The molecule has 0 aliphatic carbocycles. The maximum atomic E-state index is 11.6. The maximum absolute atomic E-state index is 11.6. The Labute approximate surface area is 130 Å². The molecule has 2 fully saturated rings. The Morgan fingerprint density at radius 3 is 2.68 bits per heavy atom. The van der Waals surface area contributed by atoms with E-state index in [4.69, 9.17) is 4.74 Å². The number of amides is 2. The van der Waals surface area contributed by atoms with Gasteiger partial charge in [0.15, 0.2) is 0 Å². The normalized spacial score (nSPS) is 28.5. The van der Waals surface area contributed by atoms with Crippen molar-refractivity contribution >= 4 is 17.5 Å². The SMILES string of the molecule is CC1COCCC1Nc1ccc(CC2CC(=O)NC2=O)cc1. The molecule has 0 bridgehead atoms. The third kappa shape index (κ3) is 3.47. The molecule has 2 saturated heterocycles. The molecule has 2 aliphatic rings. The number of imide groups is 1. The van der Waals surface area contributed by atoms with Crippen LogP contribution < -0.4 is 10.6 Å². The zero-order chi connectivity index (χ0) is 15.5. The smallest absolute Gasteiger partial charge is 0.230 e. The summed E-state index contributed by atoms with van der Waals surface area (Å²) in [5.41, 5.74) is 2.18. The summed E-state index contributed by atoms with van der Waals surface area (Å²) in [5.74, 6) is -0.0338. The lowest BCUT2D eigenvalue weighted by Gasteiger charge is -2.30. The molecule has 118 valence electrons. The summed E-state index contributed by atoms with van der Waals surface area (Å²) in [7, 11) is 0. The number of benzene rings is 1. The summed E-state index contributed by atoms with van der Waals surface area (Å²) in [4.78, 5) is 22.8. The van der Waals surface area contributed by atoms with E-state index in [1.54, 1.807) is 0 Å². The summed E-state index contributed by atoms with van der Waals surface area (Å²) in [6.07, 6.45) is 1.94. The highest BCUT2D eigenvalue weighted by molar-refractivity contribution is 6.03. The Hall–Kier alpha value is -1.88. The zero-order valence-corrected chi connectivity index (χ0v) is 12.8. The summed E-state index contributed by atoms with van der Waals surface area (Å²) in [6.45, 7) is 3.81. The first-order valence-corrected chi connectivity index (χ1v) is 7.89. The quantitative estimate of drug-likeness (QED) is 0.831. The second kappa shape index (κ2) is 6.48. The molecule has 2 heterocycles. The first-order valence-electron chi connectivity index (χ1n) is 7.89. The largest absolute Gasteiger partial charge is 0.382 e. The molecule has 2 aliphatic heterocycles. The molecule has 3 unspecified atom stereocenters. The lowest BCUT2D eigenvalue weighted by atomic mass is 9.96. The fourth-order valence-corrected chi connectivity index (χ4v) is 3.10. The molecule has 5 heteroatoms. The molecule has 0 spiro atoms. The lowest BCUT2D eigenvalue weighted by molar-refractivity contribution is -0.125. The number of anilines is 1. The van der Waals surface area contributed by atoms with Gasteiger partial charge in [-0.2, -0.15) is 0 Å². The standard InChI is InChI=1S/C17H22N2O3/c1-11-10-22-7-6-15(11)18-14-4-2-12(3-5-14)8-13-9-16(20)19-17(13)21/h2-5,11,13,15,18H,6-10H2,1H3,(H,19,20,21). The van der Waals surface area contributed by atoms with Gasteiger partial charge in [-0.3, -0.25) is 14.9 Å². The van der Waals surface area contributed by atoms with E-state index in [1.165, 1.54) is 0 Å². The van der Waals surface area contributed by atoms with Crippen LogP contribution in [0.15, 0.2) is 24.3 Å². The van der Waals surface area contributed by atoms with E-state index >= 15 is 0 Å². The van der Waals surface area contributed by atoms with Crippen LogP contribution in [-0.2, 0) is 20.7 Å². The van der Waals surface area contributed by atoms with E-state index < -0.39 is 0 Å². The maximum Gasteiger partial charge on any atom is 0.230 e. The highest BCUT2D eigenvalue weighted by Crippen LogP contribution is 2.22. The van der Waals surface area contributed by atoms with E-state index in [9.17, 15) is 9.59 Å². The van der Waals surface area contributed by atoms with Crippen molar-refractivity contribution < 1.29 is 14.3 Å². The minimum atomic E-state index is -0.221. The van der Waals surface area contributed by atoms with Gasteiger partial charge in [-0.15, -0.1) is 0 Å². The van der Waals surface area contributed by atoms with Crippen LogP contribution in [0.25, 0.3) is 0 Å². The molecule has 2 N–H and O–H groups in total. The predicted molar refractivity (Wildman–Crippen MR) is 83.4 cm³/mol. The molecular formula is C17H22N2O3. The summed E-state index contributed by atoms with van der Waals surface area (Å²) in [6, 6.07) is 8.60. The van der Waals surface area contributed by atoms with E-state index in [-0.39, 0.29) is 17.7 Å². The van der Waals surface area contributed by atoms with Crippen LogP contribution in [0.3, 0.4) is 0 Å². The van der Waals surface area contributed by atoms with Crippen molar-refractivity contribution in [1.29, 1.82) is 0 Å². The van der Waals surface area contributed by atoms with Crippen molar-refractivity contribution in [1.82, 2.24) is 5.32 Å². The summed E-state index contributed by atoms with van der Waals surface area (Å²) in [5, 5.41) is 5.91. The Balaban J connectivity index is 1.58. The number of hydrogen-bond donors (Lipinski definition) is 2. The average Bonchev–Trinajstić information content (AvgIpc) is 2.81. The van der Waals surface area contributed by atoms with Crippen molar-refractivity contribution in [3.63, 3.8) is 0 Å². The number of carbonyl (C=O) groups is 2. The van der Waals surface area contributed by atoms with Gasteiger partial charge >= 0.3 is 0 Å². The van der Waals surface area contributed by atoms with E-state index in [2.05, 4.69) is 17.6 Å². The van der Waals surface area contributed by atoms with Gasteiger partial charge in [0.1, 0.15) is 0 Å². The van der Waals surface area contributed by atoms with Gasteiger partial charge in [-0.1, -0.05) is 19.1 Å². The minimum absolute atomic E-state index is 0.150. The molecule has 1 aromatic rings. The number of ether oxygens (including phenoxy) is 1. The second-order valence-corrected chi connectivity index (χ2v) is 6.31. The van der Waals surface area contributed by atoms with Gasteiger partial charge in [0.2, 0.25) is 11.8 Å². The monoisotopic (exact) mass is 302 g/mol. The molecule has 3 rings (SSSR count). The molecule has 5 nitrogen and oxygen atoms in total. The molecule has 1 aromatic carbocycles. The number of rotatable bonds is 4. The van der Waals surface area contributed by atoms with Crippen molar-refractivity contribution in [3.8, 4) is 0 Å². The number of carbonyl (C=O) groups excluding carboxylic acids is 2. The Kier molecular flexibility index (Phi) is 4.43. The van der Waals surface area contributed by atoms with Crippen LogP contribution in [0.1, 0.15) is 25.3 Å². The van der Waals surface area contributed by atoms with Crippen LogP contribution in [-0.4, -0.2) is 31.1 Å². The van der Waals surface area contributed by atoms with Crippen LogP contribution >= 0.6 is 0 Å². The van der Waals surface area contributed by atoms with Crippen molar-refractivity contribution in [2.24, 2.45) is 11.8 Å². The van der Waals surface area contributed by atoms with Gasteiger partial charge in [0.05, 0.1) is 12.5 Å². The molecule has 0 saturated carbocycles. The van der Waals surface area contributed by atoms with Crippen molar-refractivity contribution in [2.75, 3.05) is 18.5 Å². The van der Waals surface area contributed by atoms with E-state index in [1.807, 2.05) is 24.3 Å². The van der Waals surface area contributed by atoms with Gasteiger partial charge in [-0.25, -0.2) is 0 Å². The highest BCUT2D eigenvalue weighted by atomic mass is 16.5. The Morgan fingerprint density at radius 1 is 1.27 bits per heavy atom. The number of hydrogen-bond acceptors (Lipinski definition) is 4. The van der Waals surface area contributed by atoms with Crippen LogP contribution in [0.2, 0.25) is 0 Å². The molecule has 22 heavy (non-hydrogen) atoms. The first-order chi connectivity index (χ1) is 10.6. The highest BCUT2D eigenvalue weighted by Gasteiger charge is 2.30. The van der Waals surface area contributed by atoms with Crippen LogP contribution in [0.4, 0.5) is 5.69 Å². The summed E-state index contributed by atoms with van der Waals surface area (Å²) < 4.78 is 5.46. The van der Waals surface area contributed by atoms with Gasteiger partial charge < -0.3 is 10.1 Å². The van der Waals surface area contributed by atoms with E-state index in [0.29, 0.717) is 24.8 Å². The fraction of sp³-hybridized carbons (Fsp3) is 0.529. The predicted octanol–water partition coefficient (Wildman–Crippen LogP) is 1.73. The topological polar surface area (TPSA) is 67.4 Å². The van der Waals surface area contributed by atoms with Gasteiger partial charge in [0, 0.05) is 24.8 Å². The van der Waals surface area contributed by atoms with Crippen molar-refractivity contribution in [2.45, 2.75) is 32.2 Å². The first kappa shape index (κ1) is 15.0. The second-order valence-electron chi connectivity index (χ2n) is 6.31.